The molecule has 0 saturated carbocycles. The topological polar surface area (TPSA) is 85.3 Å². The number of aromatic nitrogens is 1. The summed E-state index contributed by atoms with van der Waals surface area (Å²) in [5, 5.41) is 11.8. The van der Waals surface area contributed by atoms with Gasteiger partial charge >= 0.3 is 0 Å². The highest BCUT2D eigenvalue weighted by atomic mass is 32.1. The minimum atomic E-state index is -0.321. The Morgan fingerprint density at radius 2 is 2.30 bits per heavy atom. The Morgan fingerprint density at radius 3 is 3.05 bits per heavy atom. The molecule has 1 aromatic heterocycles. The van der Waals surface area contributed by atoms with Crippen LogP contribution in [0.3, 0.4) is 0 Å². The summed E-state index contributed by atoms with van der Waals surface area (Å²) in [5.41, 5.74) is 8.46. The van der Waals surface area contributed by atoms with E-state index in [2.05, 4.69) is 4.98 Å². The molecule has 0 atom stereocenters. The molecule has 2 aromatic rings. The summed E-state index contributed by atoms with van der Waals surface area (Å²) in [6, 6.07) is 5.34. The van der Waals surface area contributed by atoms with Gasteiger partial charge in [-0.25, -0.2) is 4.98 Å². The number of nitro groups is 1. The number of nitrogens with zero attached hydrogens (tertiary/aromatic N) is 3. The van der Waals surface area contributed by atoms with Crippen LogP contribution in [-0.2, 0) is 13.0 Å². The highest BCUT2D eigenvalue weighted by Gasteiger charge is 2.25. The van der Waals surface area contributed by atoms with E-state index in [0.29, 0.717) is 17.4 Å². The number of thiazole rings is 1. The van der Waals surface area contributed by atoms with Gasteiger partial charge in [-0.3, -0.25) is 10.1 Å². The molecule has 2 N–H and O–H groups in total. The van der Waals surface area contributed by atoms with Gasteiger partial charge in [0.2, 0.25) is 0 Å². The van der Waals surface area contributed by atoms with E-state index in [-0.39, 0.29) is 10.6 Å². The number of hydrogen-bond acceptors (Lipinski definition) is 6. The molecular formula is C13H14N4O2S. The molecule has 1 aliphatic heterocycles. The summed E-state index contributed by atoms with van der Waals surface area (Å²) in [5.74, 6) is 0. The van der Waals surface area contributed by atoms with Crippen molar-refractivity contribution in [2.45, 2.75) is 19.9 Å². The third kappa shape index (κ3) is 2.20. The highest BCUT2D eigenvalue weighted by Crippen LogP contribution is 2.34. The average molecular weight is 290 g/mol. The molecule has 0 amide bonds. The molecule has 0 bridgehead atoms. The van der Waals surface area contributed by atoms with Gasteiger partial charge in [0, 0.05) is 23.9 Å². The molecule has 1 aliphatic rings. The van der Waals surface area contributed by atoms with Crippen LogP contribution in [0.25, 0.3) is 0 Å². The minimum Gasteiger partial charge on any atom is -0.375 e. The largest absolute Gasteiger partial charge is 0.375 e. The van der Waals surface area contributed by atoms with Crippen LogP contribution in [0.4, 0.5) is 16.5 Å². The standard InChI is InChI=1S/C13H14N4O2S/c1-8-2-3-10(11(6-8)17(18)19)16-5-4-9-12(7-16)20-13(14)15-9/h2-3,6H,4-5,7H2,1H3,(H2,14,15). The molecule has 0 spiro atoms. The normalized spacial score (nSPS) is 14.2. The van der Waals surface area contributed by atoms with Crippen LogP contribution >= 0.6 is 11.3 Å². The summed E-state index contributed by atoms with van der Waals surface area (Å²) in [4.78, 5) is 18.3. The van der Waals surface area contributed by atoms with Gasteiger partial charge in [-0.15, -0.1) is 11.3 Å². The zero-order valence-corrected chi connectivity index (χ0v) is 11.8. The van der Waals surface area contributed by atoms with E-state index >= 15 is 0 Å². The molecule has 3 rings (SSSR count). The first-order valence-corrected chi connectivity index (χ1v) is 7.10. The number of anilines is 2. The molecule has 6 nitrogen and oxygen atoms in total. The molecular weight excluding hydrogens is 276 g/mol. The second-order valence-electron chi connectivity index (χ2n) is 4.84. The van der Waals surface area contributed by atoms with Crippen LogP contribution in [0.2, 0.25) is 0 Å². The quantitative estimate of drug-likeness (QED) is 0.678. The second-order valence-corrected chi connectivity index (χ2v) is 5.96. The van der Waals surface area contributed by atoms with Crippen molar-refractivity contribution in [2.75, 3.05) is 17.2 Å². The maximum absolute atomic E-state index is 11.2. The number of nitro benzene ring substituents is 1. The third-order valence-corrected chi connectivity index (χ3v) is 4.33. The van der Waals surface area contributed by atoms with Crippen molar-refractivity contribution in [2.24, 2.45) is 0 Å². The maximum Gasteiger partial charge on any atom is 0.292 e. The summed E-state index contributed by atoms with van der Waals surface area (Å²) < 4.78 is 0. The van der Waals surface area contributed by atoms with Crippen LogP contribution in [0.5, 0.6) is 0 Å². The number of hydrogen-bond donors (Lipinski definition) is 1. The van der Waals surface area contributed by atoms with Crippen molar-refractivity contribution in [1.29, 1.82) is 0 Å². The summed E-state index contributed by atoms with van der Waals surface area (Å²) in [6.07, 6.45) is 0.772. The van der Waals surface area contributed by atoms with E-state index in [9.17, 15) is 10.1 Å². The Morgan fingerprint density at radius 1 is 1.50 bits per heavy atom. The first-order valence-electron chi connectivity index (χ1n) is 6.28. The van der Waals surface area contributed by atoms with Gasteiger partial charge in [0.1, 0.15) is 5.69 Å². The van der Waals surface area contributed by atoms with E-state index in [4.69, 9.17) is 5.73 Å². The van der Waals surface area contributed by atoms with E-state index in [1.54, 1.807) is 6.07 Å². The molecule has 1 aromatic carbocycles. The summed E-state index contributed by atoms with van der Waals surface area (Å²) >= 11 is 1.46. The van der Waals surface area contributed by atoms with Crippen LogP contribution in [-0.4, -0.2) is 16.5 Å². The van der Waals surface area contributed by atoms with Crippen molar-refractivity contribution < 1.29 is 4.92 Å². The summed E-state index contributed by atoms with van der Waals surface area (Å²) in [7, 11) is 0. The third-order valence-electron chi connectivity index (χ3n) is 3.42. The van der Waals surface area contributed by atoms with Gasteiger partial charge in [-0.2, -0.15) is 0 Å². The number of nitrogen functional groups attached to an aromatic ring is 1. The van der Waals surface area contributed by atoms with Crippen LogP contribution in [0.15, 0.2) is 18.2 Å². The van der Waals surface area contributed by atoms with E-state index in [0.717, 1.165) is 29.1 Å². The fraction of sp³-hybridized carbons (Fsp3) is 0.308. The molecule has 7 heteroatoms. The van der Waals surface area contributed by atoms with Crippen molar-refractivity contribution in [3.63, 3.8) is 0 Å². The van der Waals surface area contributed by atoms with Crippen molar-refractivity contribution in [1.82, 2.24) is 4.98 Å². The molecule has 0 radical (unpaired) electrons. The Hall–Kier alpha value is -2.15. The van der Waals surface area contributed by atoms with Crippen molar-refractivity contribution in [3.8, 4) is 0 Å². The Kier molecular flexibility index (Phi) is 3.06. The van der Waals surface area contributed by atoms with Gasteiger partial charge in [0.05, 0.1) is 17.2 Å². The monoisotopic (exact) mass is 290 g/mol. The molecule has 0 fully saturated rings. The lowest BCUT2D eigenvalue weighted by Crippen LogP contribution is -2.30. The van der Waals surface area contributed by atoms with Gasteiger partial charge in [0.15, 0.2) is 5.13 Å². The lowest BCUT2D eigenvalue weighted by Gasteiger charge is -2.27. The fourth-order valence-corrected chi connectivity index (χ4v) is 3.36. The maximum atomic E-state index is 11.2. The molecule has 0 saturated heterocycles. The number of fused-ring (bicyclic) bond motifs is 1. The molecule has 0 aliphatic carbocycles. The fourth-order valence-electron chi connectivity index (χ4n) is 2.47. The number of aryl methyl sites for hydroxylation is 1. The van der Waals surface area contributed by atoms with Gasteiger partial charge < -0.3 is 10.6 Å². The van der Waals surface area contributed by atoms with E-state index in [1.165, 1.54) is 11.3 Å². The predicted molar refractivity (Wildman–Crippen MR) is 79.1 cm³/mol. The van der Waals surface area contributed by atoms with Gasteiger partial charge in [-0.1, -0.05) is 6.07 Å². The summed E-state index contributed by atoms with van der Waals surface area (Å²) in [6.45, 7) is 3.21. The first kappa shape index (κ1) is 12.9. The van der Waals surface area contributed by atoms with Crippen molar-refractivity contribution >= 4 is 27.8 Å². The lowest BCUT2D eigenvalue weighted by atomic mass is 10.1. The average Bonchev–Trinajstić information content (AvgIpc) is 2.77. The highest BCUT2D eigenvalue weighted by molar-refractivity contribution is 7.15. The Balaban J connectivity index is 1.97. The van der Waals surface area contributed by atoms with E-state index < -0.39 is 0 Å². The molecule has 0 unspecified atom stereocenters. The molecule has 2 heterocycles. The first-order chi connectivity index (χ1) is 9.54. The predicted octanol–water partition coefficient (Wildman–Crippen LogP) is 2.50. The zero-order valence-electron chi connectivity index (χ0n) is 11.0. The van der Waals surface area contributed by atoms with Crippen LogP contribution in [0, 0.1) is 17.0 Å². The number of rotatable bonds is 2. The van der Waals surface area contributed by atoms with Crippen LogP contribution < -0.4 is 10.6 Å². The molecule has 104 valence electrons. The van der Waals surface area contributed by atoms with Crippen LogP contribution in [0.1, 0.15) is 16.1 Å². The van der Waals surface area contributed by atoms with E-state index in [1.807, 2.05) is 24.0 Å². The Bertz CT molecular complexity index is 683. The van der Waals surface area contributed by atoms with Gasteiger partial charge in [0.25, 0.3) is 5.69 Å². The van der Waals surface area contributed by atoms with Crippen molar-refractivity contribution in [3.05, 3.63) is 44.4 Å². The zero-order chi connectivity index (χ0) is 14.3. The number of benzene rings is 1. The smallest absolute Gasteiger partial charge is 0.292 e. The SMILES string of the molecule is Cc1ccc(N2CCc3nc(N)sc3C2)c([N+](=O)[O-])c1. The lowest BCUT2D eigenvalue weighted by molar-refractivity contribution is -0.384. The second kappa shape index (κ2) is 4.75. The minimum absolute atomic E-state index is 0.158. The van der Waals surface area contributed by atoms with Gasteiger partial charge in [-0.05, 0) is 18.6 Å². The Labute approximate surface area is 120 Å². The molecule has 20 heavy (non-hydrogen) atoms. The number of nitrogens with two attached hydrogens (primary N) is 1.